The highest BCUT2D eigenvalue weighted by molar-refractivity contribution is 5.78. The van der Waals surface area contributed by atoms with Crippen LogP contribution in [0.3, 0.4) is 0 Å². The van der Waals surface area contributed by atoms with Crippen LogP contribution in [0.4, 0.5) is 0 Å². The second-order valence-electron chi connectivity index (χ2n) is 8.01. The molecule has 1 N–H and O–H groups in total. The quantitative estimate of drug-likeness (QED) is 0.865. The standard InChI is InChI=1S/C19H33NO3/c1-14-8-10-15(11-9-14)23-13-19(22)20-12-4-6-17(20)16-5-2-3-7-18(16)21/h14-18,21H,2-13H2,1H3/t14?,15?,16-,17+,18+/m0/s1. The maximum Gasteiger partial charge on any atom is 0.248 e. The fourth-order valence-electron chi connectivity index (χ4n) is 4.80. The number of aliphatic hydroxyl groups excluding tert-OH is 1. The number of hydrogen-bond acceptors (Lipinski definition) is 3. The van der Waals surface area contributed by atoms with E-state index in [0.29, 0.717) is 0 Å². The van der Waals surface area contributed by atoms with Crippen molar-refractivity contribution in [1.82, 2.24) is 4.90 Å². The van der Waals surface area contributed by atoms with Crippen molar-refractivity contribution >= 4 is 5.91 Å². The number of carbonyl (C=O) groups is 1. The average molecular weight is 323 g/mol. The van der Waals surface area contributed by atoms with Gasteiger partial charge >= 0.3 is 0 Å². The van der Waals surface area contributed by atoms with E-state index in [9.17, 15) is 9.90 Å². The van der Waals surface area contributed by atoms with Crippen molar-refractivity contribution in [2.45, 2.75) is 89.4 Å². The van der Waals surface area contributed by atoms with Crippen LogP contribution in [0.1, 0.15) is 71.1 Å². The predicted molar refractivity (Wildman–Crippen MR) is 90.1 cm³/mol. The first-order valence-corrected chi connectivity index (χ1v) is 9.74. The molecule has 0 aromatic heterocycles. The summed E-state index contributed by atoms with van der Waals surface area (Å²) in [7, 11) is 0. The Bertz CT molecular complexity index is 392. The van der Waals surface area contributed by atoms with Gasteiger partial charge in [0.25, 0.3) is 0 Å². The molecule has 3 aliphatic rings. The minimum atomic E-state index is -0.220. The van der Waals surface area contributed by atoms with Crippen LogP contribution in [0.2, 0.25) is 0 Å². The molecule has 0 aromatic carbocycles. The molecule has 3 fully saturated rings. The summed E-state index contributed by atoms with van der Waals surface area (Å²) in [6, 6.07) is 0.243. The third-order valence-corrected chi connectivity index (χ3v) is 6.30. The lowest BCUT2D eigenvalue weighted by Gasteiger charge is -2.37. The Morgan fingerprint density at radius 3 is 2.52 bits per heavy atom. The first-order valence-electron chi connectivity index (χ1n) is 9.74. The highest BCUT2D eigenvalue weighted by Gasteiger charge is 2.39. The molecule has 0 radical (unpaired) electrons. The molecule has 3 atom stereocenters. The summed E-state index contributed by atoms with van der Waals surface area (Å²) in [6.45, 7) is 3.38. The molecule has 2 saturated carbocycles. The van der Waals surface area contributed by atoms with Crippen molar-refractivity contribution in [1.29, 1.82) is 0 Å². The van der Waals surface area contributed by atoms with Crippen molar-refractivity contribution in [3.8, 4) is 0 Å². The monoisotopic (exact) mass is 323 g/mol. The third kappa shape index (κ3) is 4.27. The fourth-order valence-corrected chi connectivity index (χ4v) is 4.80. The van der Waals surface area contributed by atoms with Gasteiger partial charge in [-0.25, -0.2) is 0 Å². The van der Waals surface area contributed by atoms with Crippen LogP contribution in [-0.2, 0) is 9.53 Å². The SMILES string of the molecule is CC1CCC(OCC(=O)N2CCC[C@@H]2[C@@H]2CCCC[C@H]2O)CC1. The van der Waals surface area contributed by atoms with Gasteiger partial charge in [-0.2, -0.15) is 0 Å². The van der Waals surface area contributed by atoms with E-state index in [2.05, 4.69) is 6.92 Å². The third-order valence-electron chi connectivity index (χ3n) is 6.30. The Morgan fingerprint density at radius 1 is 1.04 bits per heavy atom. The minimum absolute atomic E-state index is 0.142. The number of ether oxygens (including phenoxy) is 1. The molecule has 0 unspecified atom stereocenters. The van der Waals surface area contributed by atoms with Crippen molar-refractivity contribution in [3.05, 3.63) is 0 Å². The molecule has 1 aliphatic heterocycles. The predicted octanol–water partition coefficient (Wildman–Crippen LogP) is 3.12. The second kappa shape index (κ2) is 7.98. The molecule has 1 amide bonds. The lowest BCUT2D eigenvalue weighted by Crippen LogP contribution is -2.46. The van der Waals surface area contributed by atoms with Gasteiger partial charge in [-0.3, -0.25) is 4.79 Å². The van der Waals surface area contributed by atoms with Crippen molar-refractivity contribution in [3.63, 3.8) is 0 Å². The molecule has 3 rings (SSSR count). The van der Waals surface area contributed by atoms with Crippen LogP contribution in [0.15, 0.2) is 0 Å². The Morgan fingerprint density at radius 2 is 1.78 bits per heavy atom. The summed E-state index contributed by atoms with van der Waals surface area (Å²) >= 11 is 0. The van der Waals surface area contributed by atoms with Gasteiger partial charge in [0, 0.05) is 18.5 Å². The average Bonchev–Trinajstić information content (AvgIpc) is 3.04. The number of hydrogen-bond donors (Lipinski definition) is 1. The van der Waals surface area contributed by atoms with Crippen LogP contribution in [-0.4, -0.2) is 47.3 Å². The van der Waals surface area contributed by atoms with Crippen molar-refractivity contribution in [2.75, 3.05) is 13.2 Å². The van der Waals surface area contributed by atoms with Gasteiger partial charge in [0.2, 0.25) is 5.91 Å². The smallest absolute Gasteiger partial charge is 0.248 e. The molecule has 4 nitrogen and oxygen atoms in total. The topological polar surface area (TPSA) is 49.8 Å². The Hall–Kier alpha value is -0.610. The van der Waals surface area contributed by atoms with Crippen LogP contribution in [0.25, 0.3) is 0 Å². The lowest BCUT2D eigenvalue weighted by atomic mass is 9.80. The maximum atomic E-state index is 12.6. The first-order chi connectivity index (χ1) is 11.1. The minimum Gasteiger partial charge on any atom is -0.393 e. The highest BCUT2D eigenvalue weighted by atomic mass is 16.5. The molecular formula is C19H33NO3. The maximum absolute atomic E-state index is 12.6. The van der Waals surface area contributed by atoms with E-state index in [4.69, 9.17) is 4.74 Å². The van der Waals surface area contributed by atoms with Gasteiger partial charge in [0.1, 0.15) is 6.61 Å². The van der Waals surface area contributed by atoms with E-state index >= 15 is 0 Å². The fraction of sp³-hybridized carbons (Fsp3) is 0.947. The molecule has 2 aliphatic carbocycles. The van der Waals surface area contributed by atoms with E-state index in [1.165, 1.54) is 19.3 Å². The van der Waals surface area contributed by atoms with E-state index < -0.39 is 0 Å². The molecule has 4 heteroatoms. The van der Waals surface area contributed by atoms with Gasteiger partial charge in [0.15, 0.2) is 0 Å². The zero-order valence-corrected chi connectivity index (χ0v) is 14.6. The normalized spacial score (nSPS) is 38.7. The number of rotatable bonds is 4. The highest BCUT2D eigenvalue weighted by Crippen LogP contribution is 2.35. The Balaban J connectivity index is 1.49. The van der Waals surface area contributed by atoms with Crippen molar-refractivity contribution in [2.24, 2.45) is 11.8 Å². The molecule has 0 aromatic rings. The number of likely N-dealkylation sites (tertiary alicyclic amines) is 1. The summed E-state index contributed by atoms with van der Waals surface area (Å²) in [5.41, 5.74) is 0. The number of aliphatic hydroxyl groups is 1. The molecule has 1 saturated heterocycles. The zero-order chi connectivity index (χ0) is 16.2. The molecule has 23 heavy (non-hydrogen) atoms. The van der Waals surface area contributed by atoms with Gasteiger partial charge in [-0.15, -0.1) is 0 Å². The van der Waals surface area contributed by atoms with E-state index in [1.807, 2.05) is 4.90 Å². The summed E-state index contributed by atoms with van der Waals surface area (Å²) in [5, 5.41) is 10.3. The first kappa shape index (κ1) is 17.2. The number of carbonyl (C=O) groups excluding carboxylic acids is 1. The van der Waals surface area contributed by atoms with Crippen LogP contribution in [0, 0.1) is 11.8 Å². The summed E-state index contributed by atoms with van der Waals surface area (Å²) in [5.74, 6) is 1.23. The molecule has 132 valence electrons. The number of nitrogens with zero attached hydrogens (tertiary/aromatic N) is 1. The molecular weight excluding hydrogens is 290 g/mol. The second-order valence-corrected chi connectivity index (χ2v) is 8.01. The van der Waals surface area contributed by atoms with Crippen molar-refractivity contribution < 1.29 is 14.6 Å². The van der Waals surface area contributed by atoms with Crippen LogP contribution >= 0.6 is 0 Å². The van der Waals surface area contributed by atoms with Gasteiger partial charge in [-0.05, 0) is 57.3 Å². The molecule has 0 spiro atoms. The van der Waals surface area contributed by atoms with E-state index in [0.717, 1.165) is 57.4 Å². The van der Waals surface area contributed by atoms with Crippen LogP contribution < -0.4 is 0 Å². The zero-order valence-electron chi connectivity index (χ0n) is 14.6. The van der Waals surface area contributed by atoms with E-state index in [1.54, 1.807) is 0 Å². The Labute approximate surface area is 140 Å². The summed E-state index contributed by atoms with van der Waals surface area (Å²) in [4.78, 5) is 14.6. The number of amides is 1. The van der Waals surface area contributed by atoms with E-state index in [-0.39, 0.29) is 36.7 Å². The molecule has 0 bridgehead atoms. The van der Waals surface area contributed by atoms with Gasteiger partial charge in [0.05, 0.1) is 12.2 Å². The van der Waals surface area contributed by atoms with Gasteiger partial charge in [-0.1, -0.05) is 19.8 Å². The largest absolute Gasteiger partial charge is 0.393 e. The van der Waals surface area contributed by atoms with Crippen LogP contribution in [0.5, 0.6) is 0 Å². The Kier molecular flexibility index (Phi) is 5.97. The van der Waals surface area contributed by atoms with Gasteiger partial charge < -0.3 is 14.7 Å². The lowest BCUT2D eigenvalue weighted by molar-refractivity contribution is -0.142. The molecule has 1 heterocycles. The summed E-state index contributed by atoms with van der Waals surface area (Å²) < 4.78 is 5.91. The summed E-state index contributed by atoms with van der Waals surface area (Å²) in [6.07, 6.45) is 11.1.